The summed E-state index contributed by atoms with van der Waals surface area (Å²) in [5.74, 6) is 0.342. The topological polar surface area (TPSA) is 62.1 Å². The van der Waals surface area contributed by atoms with Gasteiger partial charge in [0.25, 0.3) is 5.91 Å². The zero-order chi connectivity index (χ0) is 21.9. The maximum atomic E-state index is 12.3. The van der Waals surface area contributed by atoms with E-state index in [-0.39, 0.29) is 11.5 Å². The van der Waals surface area contributed by atoms with E-state index >= 15 is 0 Å². The number of nitrogens with one attached hydrogen (secondary N) is 1. The third-order valence-electron chi connectivity index (χ3n) is 4.65. The predicted molar refractivity (Wildman–Crippen MR) is 124 cm³/mol. The molecule has 1 N–H and O–H groups in total. The third-order valence-corrected chi connectivity index (χ3v) is 4.90. The van der Waals surface area contributed by atoms with Crippen LogP contribution in [-0.4, -0.2) is 12.5 Å². The first-order valence-electron chi connectivity index (χ1n) is 10.1. The largest absolute Gasteiger partial charge is 0.489 e. The van der Waals surface area contributed by atoms with Crippen molar-refractivity contribution in [2.45, 2.75) is 19.4 Å². The molecule has 0 aromatic heterocycles. The molecule has 0 heterocycles. The van der Waals surface area contributed by atoms with Gasteiger partial charge >= 0.3 is 0 Å². The molecule has 3 rings (SSSR count). The number of carbonyl (C=O) groups excluding carboxylic acids is 1. The molecular weight excluding hydrogens is 408 g/mol. The Morgan fingerprint density at radius 1 is 0.968 bits per heavy atom. The Hall–Kier alpha value is -3.55. The minimum atomic E-state index is -0.362. The van der Waals surface area contributed by atoms with Crippen LogP contribution in [0, 0.1) is 11.3 Å². The van der Waals surface area contributed by atoms with Gasteiger partial charge in [-0.1, -0.05) is 66.2 Å². The van der Waals surface area contributed by atoms with Crippen molar-refractivity contribution in [2.24, 2.45) is 0 Å². The number of aryl methyl sites for hydroxylation is 1. The van der Waals surface area contributed by atoms with Crippen molar-refractivity contribution in [2.75, 3.05) is 6.54 Å². The molecule has 1 amide bonds. The molecule has 0 saturated carbocycles. The van der Waals surface area contributed by atoms with E-state index in [1.165, 1.54) is 5.56 Å². The molecular formula is C26H23ClN2O2. The van der Waals surface area contributed by atoms with E-state index in [4.69, 9.17) is 16.3 Å². The number of ether oxygens (including phenoxy) is 1. The van der Waals surface area contributed by atoms with Crippen molar-refractivity contribution >= 4 is 23.6 Å². The van der Waals surface area contributed by atoms with Crippen LogP contribution in [0.25, 0.3) is 6.08 Å². The van der Waals surface area contributed by atoms with Gasteiger partial charge in [-0.25, -0.2) is 0 Å². The smallest absolute Gasteiger partial charge is 0.261 e. The third kappa shape index (κ3) is 7.33. The molecule has 0 aliphatic heterocycles. The highest BCUT2D eigenvalue weighted by Gasteiger charge is 2.08. The molecule has 0 atom stereocenters. The Kier molecular flexibility index (Phi) is 8.28. The number of halogens is 1. The number of amides is 1. The summed E-state index contributed by atoms with van der Waals surface area (Å²) in [6, 6.07) is 26.8. The summed E-state index contributed by atoms with van der Waals surface area (Å²) in [6.45, 7) is 0.950. The monoisotopic (exact) mass is 430 g/mol. The first kappa shape index (κ1) is 22.1. The molecule has 0 fully saturated rings. The second kappa shape index (κ2) is 11.6. The Bertz CT molecular complexity index is 1050. The second-order valence-electron chi connectivity index (χ2n) is 7.00. The van der Waals surface area contributed by atoms with Gasteiger partial charge in [-0.3, -0.25) is 4.79 Å². The van der Waals surface area contributed by atoms with E-state index in [9.17, 15) is 10.1 Å². The summed E-state index contributed by atoms with van der Waals surface area (Å²) in [6.07, 6.45) is 3.27. The van der Waals surface area contributed by atoms with E-state index < -0.39 is 0 Å². The molecule has 3 aromatic rings. The average molecular weight is 431 g/mol. The molecule has 0 unspecified atom stereocenters. The summed E-state index contributed by atoms with van der Waals surface area (Å²) in [5.41, 5.74) is 3.08. The summed E-state index contributed by atoms with van der Waals surface area (Å²) in [5, 5.41) is 12.9. The number of nitriles is 1. The minimum Gasteiger partial charge on any atom is -0.489 e. The number of hydrogen-bond donors (Lipinski definition) is 1. The van der Waals surface area contributed by atoms with Crippen molar-refractivity contribution in [3.05, 3.63) is 106 Å². The number of benzene rings is 3. The van der Waals surface area contributed by atoms with Gasteiger partial charge in [0.05, 0.1) is 0 Å². The van der Waals surface area contributed by atoms with E-state index in [0.29, 0.717) is 23.9 Å². The number of hydrogen-bond acceptors (Lipinski definition) is 3. The molecule has 4 nitrogen and oxygen atoms in total. The lowest BCUT2D eigenvalue weighted by Crippen LogP contribution is -2.25. The van der Waals surface area contributed by atoms with Gasteiger partial charge in [-0.2, -0.15) is 5.26 Å². The fraction of sp³-hybridized carbons (Fsp3) is 0.154. The molecule has 0 bridgehead atoms. The van der Waals surface area contributed by atoms with Crippen LogP contribution in [0.1, 0.15) is 23.1 Å². The molecule has 0 radical (unpaired) electrons. The van der Waals surface area contributed by atoms with Gasteiger partial charge in [-0.05, 0) is 59.9 Å². The highest BCUT2D eigenvalue weighted by Crippen LogP contribution is 2.17. The molecule has 0 spiro atoms. The van der Waals surface area contributed by atoms with Crippen LogP contribution < -0.4 is 10.1 Å². The fourth-order valence-electron chi connectivity index (χ4n) is 2.96. The Labute approximate surface area is 187 Å². The normalized spacial score (nSPS) is 10.9. The lowest BCUT2D eigenvalue weighted by molar-refractivity contribution is -0.117. The number of nitrogens with zero attached hydrogens (tertiary/aromatic N) is 1. The van der Waals surface area contributed by atoms with Crippen LogP contribution >= 0.6 is 11.6 Å². The van der Waals surface area contributed by atoms with Crippen molar-refractivity contribution in [1.82, 2.24) is 5.32 Å². The fourth-order valence-corrected chi connectivity index (χ4v) is 3.08. The molecule has 3 aromatic carbocycles. The Morgan fingerprint density at radius 3 is 2.35 bits per heavy atom. The molecule has 5 heteroatoms. The van der Waals surface area contributed by atoms with Gasteiger partial charge in [0.1, 0.15) is 24.0 Å². The maximum absolute atomic E-state index is 12.3. The van der Waals surface area contributed by atoms with Crippen molar-refractivity contribution in [1.29, 1.82) is 5.26 Å². The van der Waals surface area contributed by atoms with E-state index in [2.05, 4.69) is 17.4 Å². The SMILES string of the molecule is N#C/C(=C/c1ccc(OCc2ccc(Cl)cc2)cc1)C(=O)NCCCc1ccccc1. The van der Waals surface area contributed by atoms with Gasteiger partial charge in [0.2, 0.25) is 0 Å². The van der Waals surface area contributed by atoms with E-state index in [1.807, 2.05) is 72.8 Å². The first-order chi connectivity index (χ1) is 15.1. The minimum absolute atomic E-state index is 0.0783. The molecule has 156 valence electrons. The highest BCUT2D eigenvalue weighted by atomic mass is 35.5. The molecule has 0 saturated heterocycles. The molecule has 0 aliphatic rings. The summed E-state index contributed by atoms with van der Waals surface area (Å²) < 4.78 is 5.76. The van der Waals surface area contributed by atoms with Gasteiger partial charge in [0, 0.05) is 11.6 Å². The predicted octanol–water partition coefficient (Wildman–Crippen LogP) is 5.57. The zero-order valence-corrected chi connectivity index (χ0v) is 17.8. The van der Waals surface area contributed by atoms with Crippen LogP contribution in [0.5, 0.6) is 5.75 Å². The standard InChI is InChI=1S/C26H23ClN2O2/c27-24-12-8-22(9-13-24)19-31-25-14-10-21(11-15-25)17-23(18-28)26(30)29-16-4-7-20-5-2-1-3-6-20/h1-3,5-6,8-15,17H,4,7,16,19H2,(H,29,30)/b23-17-. The highest BCUT2D eigenvalue weighted by molar-refractivity contribution is 6.30. The summed E-state index contributed by atoms with van der Waals surface area (Å²) in [7, 11) is 0. The van der Waals surface area contributed by atoms with Crippen molar-refractivity contribution in [3.63, 3.8) is 0 Å². The van der Waals surface area contributed by atoms with E-state index in [1.54, 1.807) is 6.08 Å². The lowest BCUT2D eigenvalue weighted by atomic mass is 10.1. The number of carbonyl (C=O) groups is 1. The van der Waals surface area contributed by atoms with Crippen LogP contribution in [-0.2, 0) is 17.8 Å². The van der Waals surface area contributed by atoms with E-state index in [0.717, 1.165) is 24.0 Å². The van der Waals surface area contributed by atoms with Crippen molar-refractivity contribution in [3.8, 4) is 11.8 Å². The molecule has 31 heavy (non-hydrogen) atoms. The van der Waals surface area contributed by atoms with Crippen LogP contribution in [0.15, 0.2) is 84.4 Å². The average Bonchev–Trinajstić information content (AvgIpc) is 2.81. The van der Waals surface area contributed by atoms with Crippen LogP contribution in [0.3, 0.4) is 0 Å². The first-order valence-corrected chi connectivity index (χ1v) is 10.4. The van der Waals surface area contributed by atoms with Crippen LogP contribution in [0.4, 0.5) is 0 Å². The zero-order valence-electron chi connectivity index (χ0n) is 17.1. The Morgan fingerprint density at radius 2 is 1.68 bits per heavy atom. The lowest BCUT2D eigenvalue weighted by Gasteiger charge is -2.07. The second-order valence-corrected chi connectivity index (χ2v) is 7.44. The molecule has 0 aliphatic carbocycles. The van der Waals surface area contributed by atoms with Gasteiger partial charge in [-0.15, -0.1) is 0 Å². The van der Waals surface area contributed by atoms with Crippen LogP contribution in [0.2, 0.25) is 5.02 Å². The quantitative estimate of drug-likeness (QED) is 0.274. The summed E-state index contributed by atoms with van der Waals surface area (Å²) in [4.78, 5) is 12.3. The van der Waals surface area contributed by atoms with Gasteiger partial charge < -0.3 is 10.1 Å². The summed E-state index contributed by atoms with van der Waals surface area (Å²) >= 11 is 5.89. The van der Waals surface area contributed by atoms with Crippen molar-refractivity contribution < 1.29 is 9.53 Å². The maximum Gasteiger partial charge on any atom is 0.261 e. The van der Waals surface area contributed by atoms with Gasteiger partial charge in [0.15, 0.2) is 0 Å². The number of rotatable bonds is 9. The Balaban J connectivity index is 1.49.